The Bertz CT molecular complexity index is 347. The summed E-state index contributed by atoms with van der Waals surface area (Å²) in [5.74, 6) is 5.49. The second-order valence-corrected chi connectivity index (χ2v) is 3.75. The van der Waals surface area contributed by atoms with Crippen LogP contribution in [0.5, 0.6) is 0 Å². The van der Waals surface area contributed by atoms with E-state index in [1.165, 1.54) is 10.6 Å². The van der Waals surface area contributed by atoms with E-state index in [9.17, 15) is 0 Å². The standard InChI is InChI=1S/C10H15N3S/c1-7-4-5-9(8(2)6-7)12-10(14)13(3)11/h4-6H,11H2,1-3H3,(H,12,14). The third kappa shape index (κ3) is 2.68. The van der Waals surface area contributed by atoms with E-state index in [0.717, 1.165) is 11.3 Å². The van der Waals surface area contributed by atoms with Crippen LogP contribution < -0.4 is 11.2 Å². The first kappa shape index (κ1) is 10.9. The molecule has 1 rings (SSSR count). The maximum Gasteiger partial charge on any atom is 0.187 e. The monoisotopic (exact) mass is 209 g/mol. The van der Waals surface area contributed by atoms with Crippen LogP contribution in [-0.4, -0.2) is 17.2 Å². The number of rotatable bonds is 1. The van der Waals surface area contributed by atoms with Gasteiger partial charge in [-0.15, -0.1) is 0 Å². The summed E-state index contributed by atoms with van der Waals surface area (Å²) in [4.78, 5) is 0. The van der Waals surface area contributed by atoms with Gasteiger partial charge in [-0.1, -0.05) is 17.7 Å². The molecule has 0 saturated heterocycles. The average molecular weight is 209 g/mol. The van der Waals surface area contributed by atoms with Crippen LogP contribution in [0.25, 0.3) is 0 Å². The van der Waals surface area contributed by atoms with Crippen molar-refractivity contribution in [3.8, 4) is 0 Å². The van der Waals surface area contributed by atoms with Gasteiger partial charge in [0, 0.05) is 12.7 Å². The first-order valence-corrected chi connectivity index (χ1v) is 4.78. The first-order chi connectivity index (χ1) is 6.50. The van der Waals surface area contributed by atoms with Crippen LogP contribution in [0.15, 0.2) is 18.2 Å². The fourth-order valence-corrected chi connectivity index (χ4v) is 1.27. The fourth-order valence-electron chi connectivity index (χ4n) is 1.16. The Morgan fingerprint density at radius 2 is 2.07 bits per heavy atom. The SMILES string of the molecule is Cc1ccc(NC(=S)N(C)N)c(C)c1. The molecule has 0 radical (unpaired) electrons. The minimum absolute atomic E-state index is 0.511. The Labute approximate surface area is 89.9 Å². The number of nitrogens with two attached hydrogens (primary N) is 1. The van der Waals surface area contributed by atoms with Gasteiger partial charge in [0.2, 0.25) is 0 Å². The van der Waals surface area contributed by atoms with Crippen molar-refractivity contribution < 1.29 is 0 Å². The Morgan fingerprint density at radius 1 is 1.43 bits per heavy atom. The highest BCUT2D eigenvalue weighted by atomic mass is 32.1. The normalized spacial score (nSPS) is 9.71. The number of aryl methyl sites for hydroxylation is 2. The lowest BCUT2D eigenvalue weighted by molar-refractivity contribution is 0.548. The lowest BCUT2D eigenvalue weighted by Crippen LogP contribution is -2.36. The molecule has 0 unspecified atom stereocenters. The van der Waals surface area contributed by atoms with Crippen LogP contribution in [0.3, 0.4) is 0 Å². The van der Waals surface area contributed by atoms with Crippen molar-refractivity contribution in [3.63, 3.8) is 0 Å². The molecule has 0 aliphatic heterocycles. The van der Waals surface area contributed by atoms with Gasteiger partial charge < -0.3 is 5.32 Å². The topological polar surface area (TPSA) is 41.3 Å². The van der Waals surface area contributed by atoms with Gasteiger partial charge >= 0.3 is 0 Å². The molecule has 0 amide bonds. The minimum Gasteiger partial charge on any atom is -0.331 e. The minimum atomic E-state index is 0.511. The smallest absolute Gasteiger partial charge is 0.187 e. The number of hydrogen-bond donors (Lipinski definition) is 2. The molecule has 1 aromatic carbocycles. The molecule has 0 spiro atoms. The maximum absolute atomic E-state index is 5.49. The summed E-state index contributed by atoms with van der Waals surface area (Å²) < 4.78 is 0. The van der Waals surface area contributed by atoms with Gasteiger partial charge in [0.15, 0.2) is 5.11 Å². The fraction of sp³-hybridized carbons (Fsp3) is 0.300. The van der Waals surface area contributed by atoms with Gasteiger partial charge in [-0.25, -0.2) is 5.84 Å². The molecule has 3 nitrogen and oxygen atoms in total. The average Bonchev–Trinajstić information content (AvgIpc) is 2.09. The zero-order valence-corrected chi connectivity index (χ0v) is 9.48. The molecule has 4 heteroatoms. The van der Waals surface area contributed by atoms with E-state index >= 15 is 0 Å². The number of thiocarbonyl (C=S) groups is 1. The highest BCUT2D eigenvalue weighted by Crippen LogP contribution is 2.15. The molecule has 1 aromatic rings. The van der Waals surface area contributed by atoms with Gasteiger partial charge in [0.1, 0.15) is 0 Å². The number of hydrazine groups is 1. The van der Waals surface area contributed by atoms with E-state index in [1.807, 2.05) is 19.1 Å². The van der Waals surface area contributed by atoms with Gasteiger partial charge in [-0.2, -0.15) is 0 Å². The molecule has 14 heavy (non-hydrogen) atoms. The van der Waals surface area contributed by atoms with E-state index in [-0.39, 0.29) is 0 Å². The summed E-state index contributed by atoms with van der Waals surface area (Å²) in [7, 11) is 1.71. The predicted octanol–water partition coefficient (Wildman–Crippen LogP) is 1.81. The van der Waals surface area contributed by atoms with E-state index in [1.54, 1.807) is 7.05 Å². The number of nitrogens with zero attached hydrogens (tertiary/aromatic N) is 1. The second kappa shape index (κ2) is 4.39. The van der Waals surface area contributed by atoms with Crippen molar-refractivity contribution in [2.45, 2.75) is 13.8 Å². The Morgan fingerprint density at radius 3 is 2.57 bits per heavy atom. The highest BCUT2D eigenvalue weighted by Gasteiger charge is 2.02. The molecule has 0 aromatic heterocycles. The van der Waals surface area contributed by atoms with Crippen LogP contribution in [0.1, 0.15) is 11.1 Å². The van der Waals surface area contributed by atoms with Crippen LogP contribution >= 0.6 is 12.2 Å². The molecule has 3 N–H and O–H groups in total. The molecular formula is C10H15N3S. The molecule has 0 heterocycles. The van der Waals surface area contributed by atoms with Gasteiger partial charge in [-0.05, 0) is 37.7 Å². The van der Waals surface area contributed by atoms with E-state index in [0.29, 0.717) is 5.11 Å². The summed E-state index contributed by atoms with van der Waals surface area (Å²) >= 11 is 5.04. The zero-order chi connectivity index (χ0) is 10.7. The van der Waals surface area contributed by atoms with Crippen LogP contribution in [0.2, 0.25) is 0 Å². The molecule has 76 valence electrons. The summed E-state index contributed by atoms with van der Waals surface area (Å²) in [6.45, 7) is 4.10. The van der Waals surface area contributed by atoms with Crippen molar-refractivity contribution >= 4 is 23.0 Å². The summed E-state index contributed by atoms with van der Waals surface area (Å²) in [5.41, 5.74) is 3.40. The molecule has 0 bridgehead atoms. The highest BCUT2D eigenvalue weighted by molar-refractivity contribution is 7.80. The van der Waals surface area contributed by atoms with Crippen molar-refractivity contribution in [1.82, 2.24) is 5.01 Å². The second-order valence-electron chi connectivity index (χ2n) is 3.36. The van der Waals surface area contributed by atoms with E-state index < -0.39 is 0 Å². The zero-order valence-electron chi connectivity index (χ0n) is 8.66. The quantitative estimate of drug-likeness (QED) is 0.420. The van der Waals surface area contributed by atoms with Crippen LogP contribution in [0, 0.1) is 13.8 Å². The molecule has 0 aliphatic rings. The van der Waals surface area contributed by atoms with E-state index in [4.69, 9.17) is 18.1 Å². The molecular weight excluding hydrogens is 194 g/mol. The van der Waals surface area contributed by atoms with Crippen molar-refractivity contribution in [2.75, 3.05) is 12.4 Å². The van der Waals surface area contributed by atoms with E-state index in [2.05, 4.69) is 18.3 Å². The number of benzene rings is 1. The summed E-state index contributed by atoms with van der Waals surface area (Å²) in [5, 5.41) is 4.96. The molecule has 0 saturated carbocycles. The van der Waals surface area contributed by atoms with Crippen molar-refractivity contribution in [2.24, 2.45) is 5.84 Å². The van der Waals surface area contributed by atoms with Gasteiger partial charge in [-0.3, -0.25) is 5.01 Å². The largest absolute Gasteiger partial charge is 0.331 e. The molecule has 0 aliphatic carbocycles. The van der Waals surface area contributed by atoms with Crippen LogP contribution in [-0.2, 0) is 0 Å². The third-order valence-corrected chi connectivity index (χ3v) is 2.33. The Balaban J connectivity index is 2.82. The molecule has 0 atom stereocenters. The van der Waals surface area contributed by atoms with Crippen molar-refractivity contribution in [3.05, 3.63) is 29.3 Å². The van der Waals surface area contributed by atoms with Crippen molar-refractivity contribution in [1.29, 1.82) is 0 Å². The van der Waals surface area contributed by atoms with Gasteiger partial charge in [0.05, 0.1) is 0 Å². The summed E-state index contributed by atoms with van der Waals surface area (Å²) in [6.07, 6.45) is 0. The molecule has 0 fully saturated rings. The summed E-state index contributed by atoms with van der Waals surface area (Å²) in [6, 6.07) is 6.14. The van der Waals surface area contributed by atoms with Gasteiger partial charge in [0.25, 0.3) is 0 Å². The number of hydrogen-bond acceptors (Lipinski definition) is 2. The third-order valence-electron chi connectivity index (χ3n) is 1.94. The number of anilines is 1. The maximum atomic E-state index is 5.49. The number of nitrogens with one attached hydrogen (secondary N) is 1. The Hall–Kier alpha value is -1.13. The predicted molar refractivity (Wildman–Crippen MR) is 64.1 cm³/mol. The lowest BCUT2D eigenvalue weighted by atomic mass is 10.1. The van der Waals surface area contributed by atoms with Crippen LogP contribution in [0.4, 0.5) is 5.69 Å². The lowest BCUT2D eigenvalue weighted by Gasteiger charge is -2.16. The Kier molecular flexibility index (Phi) is 3.43. The first-order valence-electron chi connectivity index (χ1n) is 4.37.